The maximum absolute atomic E-state index is 2.24. The summed E-state index contributed by atoms with van der Waals surface area (Å²) in [6.07, 6.45) is 20.9. The molecular weight excluding hydrogens is 168 g/mol. The lowest BCUT2D eigenvalue weighted by molar-refractivity contribution is 0.866. The lowest BCUT2D eigenvalue weighted by Crippen LogP contribution is -1.66. The molecule has 0 atom stereocenters. The Kier molecular flexibility index (Phi) is 11.5. The standard InChI is InChI=1S/C9H16.C5H8/c1-3-5-7-9-8-6-4-2;1-2-4-5-3-1/h3-6H,7-9H2,1-2H3;1-2H,3-5H2. The van der Waals surface area contributed by atoms with E-state index in [1.807, 2.05) is 0 Å². The normalized spacial score (nSPS) is 15.0. The molecule has 0 spiro atoms. The quantitative estimate of drug-likeness (QED) is 0.432. The Balaban J connectivity index is 0.000000280. The predicted octanol–water partition coefficient (Wildman–Crippen LogP) is 5.04. The van der Waals surface area contributed by atoms with Gasteiger partial charge in [0.05, 0.1) is 0 Å². The Hall–Kier alpha value is -0.780. The van der Waals surface area contributed by atoms with Crippen molar-refractivity contribution in [3.05, 3.63) is 36.5 Å². The lowest BCUT2D eigenvalue weighted by Gasteiger charge is -1.86. The predicted molar refractivity (Wildman–Crippen MR) is 66.5 cm³/mol. The van der Waals surface area contributed by atoms with Crippen LogP contribution in [0.2, 0.25) is 0 Å². The fourth-order valence-corrected chi connectivity index (χ4v) is 1.28. The molecule has 0 aromatic heterocycles. The van der Waals surface area contributed by atoms with Crippen molar-refractivity contribution in [3.63, 3.8) is 0 Å². The monoisotopic (exact) mass is 192 g/mol. The Morgan fingerprint density at radius 3 is 1.71 bits per heavy atom. The second-order valence-electron chi connectivity index (χ2n) is 3.47. The summed E-state index contributed by atoms with van der Waals surface area (Å²) in [6.45, 7) is 4.13. The molecule has 0 heterocycles. The van der Waals surface area contributed by atoms with E-state index in [4.69, 9.17) is 0 Å². The number of hydrogen-bond acceptors (Lipinski definition) is 0. The molecule has 0 radical (unpaired) electrons. The van der Waals surface area contributed by atoms with Gasteiger partial charge in [-0.1, -0.05) is 36.5 Å². The summed E-state index contributed by atoms with van der Waals surface area (Å²) in [7, 11) is 0. The molecule has 0 amide bonds. The van der Waals surface area contributed by atoms with Crippen LogP contribution in [0.5, 0.6) is 0 Å². The van der Waals surface area contributed by atoms with Gasteiger partial charge in [-0.05, 0) is 52.4 Å². The van der Waals surface area contributed by atoms with Crippen LogP contribution in [0.1, 0.15) is 52.4 Å². The number of hydrogen-bond donors (Lipinski definition) is 0. The van der Waals surface area contributed by atoms with E-state index in [1.165, 1.54) is 38.5 Å². The third-order valence-electron chi connectivity index (χ3n) is 2.12. The van der Waals surface area contributed by atoms with Crippen molar-refractivity contribution < 1.29 is 0 Å². The molecular formula is C14H24. The molecule has 0 bridgehead atoms. The highest BCUT2D eigenvalue weighted by Crippen LogP contribution is 2.05. The van der Waals surface area contributed by atoms with Gasteiger partial charge in [0.25, 0.3) is 0 Å². The highest BCUT2D eigenvalue weighted by atomic mass is 13.9. The first-order valence-corrected chi connectivity index (χ1v) is 5.79. The highest BCUT2D eigenvalue weighted by molar-refractivity contribution is 4.88. The van der Waals surface area contributed by atoms with Crippen LogP contribution in [0.15, 0.2) is 36.5 Å². The van der Waals surface area contributed by atoms with Crippen molar-refractivity contribution in [2.75, 3.05) is 0 Å². The Bertz CT molecular complexity index is 154. The van der Waals surface area contributed by atoms with Gasteiger partial charge in [-0.25, -0.2) is 0 Å². The van der Waals surface area contributed by atoms with Gasteiger partial charge in [-0.2, -0.15) is 0 Å². The Morgan fingerprint density at radius 2 is 1.43 bits per heavy atom. The third kappa shape index (κ3) is 11.2. The van der Waals surface area contributed by atoms with E-state index in [9.17, 15) is 0 Å². The van der Waals surface area contributed by atoms with Crippen LogP contribution < -0.4 is 0 Å². The summed E-state index contributed by atoms with van der Waals surface area (Å²) < 4.78 is 0. The van der Waals surface area contributed by atoms with Crippen molar-refractivity contribution in [1.82, 2.24) is 0 Å². The number of rotatable bonds is 4. The van der Waals surface area contributed by atoms with Gasteiger partial charge in [0, 0.05) is 0 Å². The van der Waals surface area contributed by atoms with E-state index in [2.05, 4.69) is 50.3 Å². The molecule has 0 nitrogen and oxygen atoms in total. The molecule has 14 heavy (non-hydrogen) atoms. The molecule has 0 aromatic rings. The summed E-state index contributed by atoms with van der Waals surface area (Å²) in [6, 6.07) is 0. The van der Waals surface area contributed by atoms with Gasteiger partial charge >= 0.3 is 0 Å². The molecule has 0 aliphatic heterocycles. The van der Waals surface area contributed by atoms with Crippen molar-refractivity contribution in [1.29, 1.82) is 0 Å². The second-order valence-corrected chi connectivity index (χ2v) is 3.47. The SMILES string of the molecule is C1=CCCC1.CC=CCCCC=CC. The minimum absolute atomic E-state index is 1.22. The van der Waals surface area contributed by atoms with Gasteiger partial charge < -0.3 is 0 Å². The van der Waals surface area contributed by atoms with Crippen LogP contribution in [0.4, 0.5) is 0 Å². The first-order chi connectivity index (χ1) is 6.91. The molecule has 1 rings (SSSR count). The topological polar surface area (TPSA) is 0 Å². The zero-order valence-electron chi connectivity index (χ0n) is 9.71. The van der Waals surface area contributed by atoms with Gasteiger partial charge in [0.15, 0.2) is 0 Å². The van der Waals surface area contributed by atoms with Crippen molar-refractivity contribution in [3.8, 4) is 0 Å². The molecule has 0 saturated carbocycles. The smallest absolute Gasteiger partial charge is 0.0348 e. The summed E-state index contributed by atoms with van der Waals surface area (Å²) in [5.41, 5.74) is 0. The fourth-order valence-electron chi connectivity index (χ4n) is 1.28. The summed E-state index contributed by atoms with van der Waals surface area (Å²) in [4.78, 5) is 0. The van der Waals surface area contributed by atoms with Crippen LogP contribution in [0.3, 0.4) is 0 Å². The van der Waals surface area contributed by atoms with Crippen LogP contribution in [-0.2, 0) is 0 Å². The molecule has 1 aliphatic rings. The highest BCUT2D eigenvalue weighted by Gasteiger charge is 1.84. The summed E-state index contributed by atoms with van der Waals surface area (Å²) >= 11 is 0. The molecule has 0 unspecified atom stereocenters. The van der Waals surface area contributed by atoms with E-state index in [0.29, 0.717) is 0 Å². The van der Waals surface area contributed by atoms with Crippen LogP contribution in [-0.4, -0.2) is 0 Å². The average Bonchev–Trinajstić information content (AvgIpc) is 2.76. The average molecular weight is 192 g/mol. The van der Waals surface area contributed by atoms with Gasteiger partial charge in [-0.3, -0.25) is 0 Å². The number of allylic oxidation sites excluding steroid dienone is 6. The molecule has 1 aliphatic carbocycles. The molecule has 0 N–H and O–H groups in total. The van der Waals surface area contributed by atoms with Crippen LogP contribution in [0, 0.1) is 0 Å². The van der Waals surface area contributed by atoms with E-state index in [1.54, 1.807) is 0 Å². The second kappa shape index (κ2) is 12.2. The lowest BCUT2D eigenvalue weighted by atomic mass is 10.2. The first-order valence-electron chi connectivity index (χ1n) is 5.79. The largest absolute Gasteiger partial charge is 0.0917 e. The Morgan fingerprint density at radius 1 is 0.929 bits per heavy atom. The summed E-state index contributed by atoms with van der Waals surface area (Å²) in [5.74, 6) is 0. The molecule has 0 heteroatoms. The third-order valence-corrected chi connectivity index (χ3v) is 2.12. The minimum Gasteiger partial charge on any atom is -0.0917 e. The van der Waals surface area contributed by atoms with Crippen molar-refractivity contribution in [2.24, 2.45) is 0 Å². The maximum Gasteiger partial charge on any atom is -0.0348 e. The Labute approximate surface area is 89.4 Å². The fraction of sp³-hybridized carbons (Fsp3) is 0.571. The van der Waals surface area contributed by atoms with E-state index in [0.717, 1.165) is 0 Å². The first kappa shape index (κ1) is 13.2. The maximum atomic E-state index is 2.24. The van der Waals surface area contributed by atoms with Crippen LogP contribution >= 0.6 is 0 Å². The van der Waals surface area contributed by atoms with E-state index >= 15 is 0 Å². The van der Waals surface area contributed by atoms with Crippen LogP contribution in [0.25, 0.3) is 0 Å². The van der Waals surface area contributed by atoms with Crippen molar-refractivity contribution >= 4 is 0 Å². The zero-order valence-corrected chi connectivity index (χ0v) is 9.71. The molecule has 0 saturated heterocycles. The van der Waals surface area contributed by atoms with E-state index < -0.39 is 0 Å². The van der Waals surface area contributed by atoms with E-state index in [-0.39, 0.29) is 0 Å². The van der Waals surface area contributed by atoms with Crippen molar-refractivity contribution in [2.45, 2.75) is 52.4 Å². The van der Waals surface area contributed by atoms with Gasteiger partial charge in [-0.15, -0.1) is 0 Å². The van der Waals surface area contributed by atoms with Gasteiger partial charge in [0.2, 0.25) is 0 Å². The minimum atomic E-state index is 1.22. The zero-order chi connectivity index (χ0) is 10.5. The molecule has 0 aromatic carbocycles. The molecule has 80 valence electrons. The van der Waals surface area contributed by atoms with Gasteiger partial charge in [0.1, 0.15) is 0 Å². The number of unbranched alkanes of at least 4 members (excludes halogenated alkanes) is 2. The molecule has 0 fully saturated rings. The summed E-state index contributed by atoms with van der Waals surface area (Å²) in [5, 5.41) is 0.